The molecule has 0 spiro atoms. The standard InChI is InChI=1S/C63H108O5/c1-4-7-10-13-16-19-22-25-28-30-31-32-34-37-40-43-46-49-52-55-58-66-59-61(68-63(65)57-54-51-48-45-42-39-35-27-24-21-18-15-12-9-6-3)60-67-62(64)56-53-50-47-44-41-38-36-33-29-26-23-20-17-14-11-8-5-2/h9,12,16,18-19,21,25,27-28,31-32,35,42,45,51,54,61H,4-8,10-11,13-15,17,20,22-24,26,29-30,33-34,36-41,43-44,46-50,52-53,55-60H2,1-3H3/b12-9-,19-16-,21-18-,28-25-,32-31-,35-27-,45-42-,54-51-. The van der Waals surface area contributed by atoms with E-state index in [9.17, 15) is 9.59 Å². The van der Waals surface area contributed by atoms with Gasteiger partial charge in [0.25, 0.3) is 0 Å². The predicted molar refractivity (Wildman–Crippen MR) is 297 cm³/mol. The number of carbonyl (C=O) groups excluding carboxylic acids is 2. The van der Waals surface area contributed by atoms with E-state index in [0.29, 0.717) is 13.0 Å². The van der Waals surface area contributed by atoms with Crippen LogP contribution in [0, 0.1) is 0 Å². The molecular weight excluding hydrogens is 837 g/mol. The zero-order chi connectivity index (χ0) is 49.2. The summed E-state index contributed by atoms with van der Waals surface area (Å²) < 4.78 is 17.4. The molecule has 0 amide bonds. The van der Waals surface area contributed by atoms with E-state index < -0.39 is 6.10 Å². The first-order chi connectivity index (χ1) is 33.6. The average molecular weight is 946 g/mol. The molecule has 68 heavy (non-hydrogen) atoms. The van der Waals surface area contributed by atoms with E-state index in [1.165, 1.54) is 161 Å². The summed E-state index contributed by atoms with van der Waals surface area (Å²) in [5.74, 6) is -0.544. The number of esters is 2. The van der Waals surface area contributed by atoms with E-state index >= 15 is 0 Å². The van der Waals surface area contributed by atoms with Gasteiger partial charge < -0.3 is 14.2 Å². The molecule has 0 aliphatic rings. The SMILES string of the molecule is CC/C=C\C/C=C\C/C=C\C/C=C\C/C=C\CC(=O)OC(COCCCCCCCCC/C=C\C/C=C\C/C=C\CCCCC)COC(=O)CCCCCCCCCCCCCCCCCCC. The van der Waals surface area contributed by atoms with Gasteiger partial charge in [0.2, 0.25) is 0 Å². The van der Waals surface area contributed by atoms with E-state index in [1.807, 2.05) is 12.2 Å². The van der Waals surface area contributed by atoms with Crippen LogP contribution in [0.3, 0.4) is 0 Å². The van der Waals surface area contributed by atoms with Crippen molar-refractivity contribution >= 4 is 11.9 Å². The number of hydrogen-bond acceptors (Lipinski definition) is 5. The maximum atomic E-state index is 12.8. The van der Waals surface area contributed by atoms with Gasteiger partial charge in [-0.1, -0.05) is 266 Å². The lowest BCUT2D eigenvalue weighted by molar-refractivity contribution is -0.162. The van der Waals surface area contributed by atoms with Crippen molar-refractivity contribution in [1.82, 2.24) is 0 Å². The minimum Gasteiger partial charge on any atom is -0.462 e. The normalized spacial score (nSPS) is 12.9. The smallest absolute Gasteiger partial charge is 0.310 e. The average Bonchev–Trinajstić information content (AvgIpc) is 3.34. The Balaban J connectivity index is 4.38. The van der Waals surface area contributed by atoms with Crippen molar-refractivity contribution in [2.45, 2.75) is 271 Å². The molecule has 0 radical (unpaired) electrons. The molecule has 5 nitrogen and oxygen atoms in total. The number of carbonyl (C=O) groups is 2. The lowest BCUT2D eigenvalue weighted by Crippen LogP contribution is -2.29. The second-order valence-electron chi connectivity index (χ2n) is 18.8. The van der Waals surface area contributed by atoms with Gasteiger partial charge in [-0.15, -0.1) is 0 Å². The Morgan fingerprint density at radius 2 is 0.706 bits per heavy atom. The summed E-state index contributed by atoms with van der Waals surface area (Å²) in [5.41, 5.74) is 0. The zero-order valence-corrected chi connectivity index (χ0v) is 44.8. The van der Waals surface area contributed by atoms with Crippen molar-refractivity contribution in [1.29, 1.82) is 0 Å². The van der Waals surface area contributed by atoms with Gasteiger partial charge in [0, 0.05) is 13.0 Å². The summed E-state index contributed by atoms with van der Waals surface area (Å²) in [6, 6.07) is 0. The molecule has 1 unspecified atom stereocenters. The topological polar surface area (TPSA) is 61.8 Å². The first kappa shape index (κ1) is 64.8. The van der Waals surface area contributed by atoms with E-state index in [-0.39, 0.29) is 31.6 Å². The lowest BCUT2D eigenvalue weighted by atomic mass is 10.0. The fraction of sp³-hybridized carbons (Fsp3) is 0.714. The molecule has 0 aromatic heterocycles. The summed E-state index contributed by atoms with van der Waals surface area (Å²) >= 11 is 0. The van der Waals surface area contributed by atoms with E-state index in [1.54, 1.807) is 0 Å². The maximum Gasteiger partial charge on any atom is 0.310 e. The molecule has 1 atom stereocenters. The first-order valence-corrected chi connectivity index (χ1v) is 28.8. The van der Waals surface area contributed by atoms with Gasteiger partial charge in [-0.3, -0.25) is 9.59 Å². The molecule has 0 aliphatic heterocycles. The summed E-state index contributed by atoms with van der Waals surface area (Å²) in [4.78, 5) is 25.4. The van der Waals surface area contributed by atoms with Crippen LogP contribution >= 0.6 is 0 Å². The quantitative estimate of drug-likeness (QED) is 0.0345. The monoisotopic (exact) mass is 945 g/mol. The molecule has 0 rings (SSSR count). The largest absolute Gasteiger partial charge is 0.462 e. The molecular formula is C63H108O5. The minimum atomic E-state index is -0.600. The highest BCUT2D eigenvalue weighted by atomic mass is 16.6. The molecule has 0 bridgehead atoms. The van der Waals surface area contributed by atoms with Gasteiger partial charge in [0.15, 0.2) is 6.10 Å². The third kappa shape index (κ3) is 55.4. The zero-order valence-electron chi connectivity index (χ0n) is 44.8. The van der Waals surface area contributed by atoms with Gasteiger partial charge in [0.1, 0.15) is 6.61 Å². The minimum absolute atomic E-state index is 0.0396. The molecule has 0 aliphatic carbocycles. The Kier molecular flexibility index (Phi) is 55.4. The summed E-state index contributed by atoms with van der Waals surface area (Å²) in [7, 11) is 0. The summed E-state index contributed by atoms with van der Waals surface area (Å²) in [6.45, 7) is 7.58. The van der Waals surface area contributed by atoms with E-state index in [2.05, 4.69) is 106 Å². The van der Waals surface area contributed by atoms with Gasteiger partial charge in [-0.05, 0) is 83.5 Å². The molecule has 0 aromatic rings. The number of rotatable bonds is 52. The Labute approximate surface area is 422 Å². The van der Waals surface area contributed by atoms with Crippen molar-refractivity contribution < 1.29 is 23.8 Å². The van der Waals surface area contributed by atoms with Crippen LogP contribution in [0.2, 0.25) is 0 Å². The third-order valence-electron chi connectivity index (χ3n) is 12.1. The molecule has 0 aromatic carbocycles. The van der Waals surface area contributed by atoms with Crippen molar-refractivity contribution in [2.75, 3.05) is 19.8 Å². The highest BCUT2D eigenvalue weighted by Gasteiger charge is 2.17. The van der Waals surface area contributed by atoms with Crippen molar-refractivity contribution in [2.24, 2.45) is 0 Å². The number of ether oxygens (including phenoxy) is 3. The fourth-order valence-corrected chi connectivity index (χ4v) is 7.89. The van der Waals surface area contributed by atoms with Crippen molar-refractivity contribution in [3.8, 4) is 0 Å². The Bertz CT molecular complexity index is 1300. The number of unbranched alkanes of at least 4 members (excludes halogenated alkanes) is 26. The summed E-state index contributed by atoms with van der Waals surface area (Å²) in [6.07, 6.45) is 78.8. The molecule has 0 fully saturated rings. The van der Waals surface area contributed by atoms with E-state index in [0.717, 1.165) is 70.6 Å². The van der Waals surface area contributed by atoms with Crippen LogP contribution in [0.5, 0.6) is 0 Å². The van der Waals surface area contributed by atoms with Crippen LogP contribution in [0.1, 0.15) is 265 Å². The molecule has 0 heterocycles. The van der Waals surface area contributed by atoms with Crippen LogP contribution in [-0.2, 0) is 23.8 Å². The predicted octanol–water partition coefficient (Wildman–Crippen LogP) is 19.8. The van der Waals surface area contributed by atoms with E-state index in [4.69, 9.17) is 14.2 Å². The molecule has 390 valence electrons. The van der Waals surface area contributed by atoms with Crippen LogP contribution < -0.4 is 0 Å². The van der Waals surface area contributed by atoms with Gasteiger partial charge in [0.05, 0.1) is 13.0 Å². The Hall–Kier alpha value is -3.18. The third-order valence-corrected chi connectivity index (χ3v) is 12.1. The van der Waals surface area contributed by atoms with Crippen LogP contribution in [0.15, 0.2) is 97.2 Å². The van der Waals surface area contributed by atoms with Gasteiger partial charge in [-0.25, -0.2) is 0 Å². The Morgan fingerprint density at radius 3 is 1.16 bits per heavy atom. The number of hydrogen-bond donors (Lipinski definition) is 0. The highest BCUT2D eigenvalue weighted by Crippen LogP contribution is 2.15. The fourth-order valence-electron chi connectivity index (χ4n) is 7.89. The van der Waals surface area contributed by atoms with Crippen molar-refractivity contribution in [3.05, 3.63) is 97.2 Å². The van der Waals surface area contributed by atoms with Crippen molar-refractivity contribution in [3.63, 3.8) is 0 Å². The van der Waals surface area contributed by atoms with Crippen LogP contribution in [0.25, 0.3) is 0 Å². The second-order valence-corrected chi connectivity index (χ2v) is 18.8. The molecule has 5 heteroatoms. The van der Waals surface area contributed by atoms with Crippen LogP contribution in [-0.4, -0.2) is 37.9 Å². The number of allylic oxidation sites excluding steroid dienone is 15. The lowest BCUT2D eigenvalue weighted by Gasteiger charge is -2.18. The Morgan fingerprint density at radius 1 is 0.353 bits per heavy atom. The molecule has 0 N–H and O–H groups in total. The summed E-state index contributed by atoms with van der Waals surface area (Å²) in [5, 5.41) is 0. The van der Waals surface area contributed by atoms with Gasteiger partial charge >= 0.3 is 11.9 Å². The molecule has 0 saturated carbocycles. The second kappa shape index (κ2) is 58.1. The van der Waals surface area contributed by atoms with Gasteiger partial charge in [-0.2, -0.15) is 0 Å². The van der Waals surface area contributed by atoms with Crippen LogP contribution in [0.4, 0.5) is 0 Å². The first-order valence-electron chi connectivity index (χ1n) is 28.8. The molecule has 0 saturated heterocycles. The highest BCUT2D eigenvalue weighted by molar-refractivity contribution is 5.71. The maximum absolute atomic E-state index is 12.8.